The van der Waals surface area contributed by atoms with Crippen LogP contribution in [-0.4, -0.2) is 25.3 Å². The molecular formula is C19H17N5OS. The molecule has 0 spiro atoms. The number of H-pyrrole nitrogens is 1. The molecule has 4 rings (SSSR count). The number of thioether (sulfide) groups is 1. The van der Waals surface area contributed by atoms with Crippen LogP contribution in [0.25, 0.3) is 22.8 Å². The van der Waals surface area contributed by atoms with Gasteiger partial charge in [0.1, 0.15) is 0 Å². The second-order valence-corrected chi connectivity index (χ2v) is 6.94. The van der Waals surface area contributed by atoms with E-state index in [1.54, 1.807) is 0 Å². The Balaban J connectivity index is 1.42. The fraction of sp³-hybridized carbons (Fsp3) is 0.158. The van der Waals surface area contributed by atoms with E-state index in [0.29, 0.717) is 22.6 Å². The van der Waals surface area contributed by atoms with E-state index in [1.807, 2.05) is 43.3 Å². The summed E-state index contributed by atoms with van der Waals surface area (Å²) in [4.78, 5) is 8.94. The van der Waals surface area contributed by atoms with E-state index in [1.165, 1.54) is 22.9 Å². The van der Waals surface area contributed by atoms with Crippen molar-refractivity contribution in [2.45, 2.75) is 24.8 Å². The molecule has 7 heteroatoms. The molecule has 0 aliphatic carbocycles. The minimum Gasteiger partial charge on any atom is -0.338 e. The van der Waals surface area contributed by atoms with Crippen LogP contribution in [0.15, 0.2) is 58.2 Å². The first-order valence-corrected chi connectivity index (χ1v) is 9.18. The smallest absolute Gasteiger partial charge is 0.237 e. The molecule has 0 saturated heterocycles. The third kappa shape index (κ3) is 3.67. The molecule has 0 unspecified atom stereocenters. The van der Waals surface area contributed by atoms with Gasteiger partial charge in [0.2, 0.25) is 16.9 Å². The van der Waals surface area contributed by atoms with Crippen molar-refractivity contribution in [2.75, 3.05) is 0 Å². The largest absolute Gasteiger partial charge is 0.338 e. The van der Waals surface area contributed by atoms with Gasteiger partial charge in [-0.3, -0.25) is 5.10 Å². The lowest BCUT2D eigenvalue weighted by Gasteiger charge is -1.96. The molecular weight excluding hydrogens is 346 g/mol. The van der Waals surface area contributed by atoms with Crippen LogP contribution in [0.2, 0.25) is 0 Å². The van der Waals surface area contributed by atoms with Crippen molar-refractivity contribution in [2.24, 2.45) is 0 Å². The van der Waals surface area contributed by atoms with Crippen LogP contribution in [0, 0.1) is 13.8 Å². The minimum absolute atomic E-state index is 0.518. The van der Waals surface area contributed by atoms with Crippen LogP contribution in [-0.2, 0) is 5.75 Å². The Kier molecular flexibility index (Phi) is 4.53. The summed E-state index contributed by atoms with van der Waals surface area (Å²) in [6.45, 7) is 4.10. The first-order valence-electron chi connectivity index (χ1n) is 8.19. The van der Waals surface area contributed by atoms with Crippen LogP contribution in [0.3, 0.4) is 0 Å². The number of rotatable bonds is 5. The van der Waals surface area contributed by atoms with E-state index in [9.17, 15) is 0 Å². The van der Waals surface area contributed by atoms with Gasteiger partial charge in [0.25, 0.3) is 0 Å². The van der Waals surface area contributed by atoms with E-state index in [0.717, 1.165) is 17.0 Å². The highest BCUT2D eigenvalue weighted by Gasteiger charge is 2.11. The van der Waals surface area contributed by atoms with Gasteiger partial charge >= 0.3 is 0 Å². The zero-order valence-electron chi connectivity index (χ0n) is 14.4. The maximum Gasteiger partial charge on any atom is 0.237 e. The van der Waals surface area contributed by atoms with E-state index in [4.69, 9.17) is 4.52 Å². The Hall–Kier alpha value is -2.93. The summed E-state index contributed by atoms with van der Waals surface area (Å²) in [7, 11) is 0. The SMILES string of the molecule is Cc1ccc(-c2noc(CSc3n[nH]c(-c4ccc(C)cc4)n3)n2)cc1. The molecule has 2 heterocycles. The molecule has 0 fully saturated rings. The zero-order valence-corrected chi connectivity index (χ0v) is 15.2. The molecule has 0 amide bonds. The molecule has 0 aliphatic rings. The van der Waals surface area contributed by atoms with Crippen LogP contribution >= 0.6 is 11.8 Å². The fourth-order valence-electron chi connectivity index (χ4n) is 2.41. The van der Waals surface area contributed by atoms with Gasteiger partial charge in [0.05, 0.1) is 5.75 Å². The quantitative estimate of drug-likeness (QED) is 0.528. The second kappa shape index (κ2) is 7.13. The van der Waals surface area contributed by atoms with Crippen molar-refractivity contribution in [3.8, 4) is 22.8 Å². The molecule has 6 nitrogen and oxygen atoms in total. The van der Waals surface area contributed by atoms with Gasteiger partial charge in [0, 0.05) is 11.1 Å². The van der Waals surface area contributed by atoms with Gasteiger partial charge in [-0.25, -0.2) is 4.98 Å². The van der Waals surface area contributed by atoms with Gasteiger partial charge in [-0.15, -0.1) is 5.10 Å². The van der Waals surface area contributed by atoms with Crippen LogP contribution < -0.4 is 0 Å². The Morgan fingerprint density at radius 3 is 2.23 bits per heavy atom. The molecule has 0 radical (unpaired) electrons. The van der Waals surface area contributed by atoms with Gasteiger partial charge in [-0.2, -0.15) is 4.98 Å². The normalized spacial score (nSPS) is 11.0. The number of aryl methyl sites for hydroxylation is 2. The third-order valence-corrected chi connectivity index (χ3v) is 4.72. The highest BCUT2D eigenvalue weighted by Crippen LogP contribution is 2.23. The first-order chi connectivity index (χ1) is 12.7. The first kappa shape index (κ1) is 16.5. The highest BCUT2D eigenvalue weighted by atomic mass is 32.2. The summed E-state index contributed by atoms with van der Waals surface area (Å²) in [6, 6.07) is 16.2. The summed E-state index contributed by atoms with van der Waals surface area (Å²) in [5, 5.41) is 11.9. The lowest BCUT2D eigenvalue weighted by atomic mass is 10.1. The Labute approximate surface area is 155 Å². The van der Waals surface area contributed by atoms with Crippen molar-refractivity contribution in [1.29, 1.82) is 0 Å². The molecule has 0 bridgehead atoms. The molecule has 2 aromatic carbocycles. The van der Waals surface area contributed by atoms with Crippen molar-refractivity contribution >= 4 is 11.8 Å². The molecule has 2 aromatic heterocycles. The van der Waals surface area contributed by atoms with Gasteiger partial charge in [0.15, 0.2) is 5.82 Å². The number of hydrogen-bond acceptors (Lipinski definition) is 6. The van der Waals surface area contributed by atoms with Crippen LogP contribution in [0.5, 0.6) is 0 Å². The van der Waals surface area contributed by atoms with E-state index in [2.05, 4.69) is 44.4 Å². The molecule has 26 heavy (non-hydrogen) atoms. The number of benzene rings is 2. The lowest BCUT2D eigenvalue weighted by Crippen LogP contribution is -1.84. The summed E-state index contributed by atoms with van der Waals surface area (Å²) < 4.78 is 5.33. The summed E-state index contributed by atoms with van der Waals surface area (Å²) in [6.07, 6.45) is 0. The van der Waals surface area contributed by atoms with E-state index >= 15 is 0 Å². The molecule has 0 atom stereocenters. The summed E-state index contributed by atoms with van der Waals surface area (Å²) in [5.41, 5.74) is 4.36. The van der Waals surface area contributed by atoms with Crippen molar-refractivity contribution in [1.82, 2.24) is 25.3 Å². The Morgan fingerprint density at radius 1 is 0.885 bits per heavy atom. The molecule has 4 aromatic rings. The van der Waals surface area contributed by atoms with E-state index in [-0.39, 0.29) is 0 Å². The molecule has 0 aliphatic heterocycles. The van der Waals surface area contributed by atoms with Gasteiger partial charge < -0.3 is 4.52 Å². The summed E-state index contributed by atoms with van der Waals surface area (Å²) in [5.74, 6) is 2.41. The topological polar surface area (TPSA) is 80.5 Å². The highest BCUT2D eigenvalue weighted by molar-refractivity contribution is 7.98. The van der Waals surface area contributed by atoms with Gasteiger partial charge in [-0.05, 0) is 13.8 Å². The number of nitrogens with one attached hydrogen (secondary N) is 1. The molecule has 130 valence electrons. The maximum atomic E-state index is 5.33. The number of aromatic nitrogens is 5. The Bertz CT molecular complexity index is 921. The van der Waals surface area contributed by atoms with Crippen molar-refractivity contribution < 1.29 is 4.52 Å². The Morgan fingerprint density at radius 2 is 1.54 bits per heavy atom. The second-order valence-electron chi connectivity index (χ2n) is 6.00. The van der Waals surface area contributed by atoms with Crippen molar-refractivity contribution in [3.63, 3.8) is 0 Å². The van der Waals surface area contributed by atoms with Crippen LogP contribution in [0.4, 0.5) is 0 Å². The van der Waals surface area contributed by atoms with E-state index < -0.39 is 0 Å². The summed E-state index contributed by atoms with van der Waals surface area (Å²) >= 11 is 1.45. The fourth-order valence-corrected chi connectivity index (χ4v) is 3.05. The predicted molar refractivity (Wildman–Crippen MR) is 101 cm³/mol. The average Bonchev–Trinajstić information content (AvgIpc) is 3.31. The maximum absolute atomic E-state index is 5.33. The number of aromatic amines is 1. The van der Waals surface area contributed by atoms with Gasteiger partial charge in [-0.1, -0.05) is 76.6 Å². The number of nitrogens with zero attached hydrogens (tertiary/aromatic N) is 4. The third-order valence-electron chi connectivity index (χ3n) is 3.89. The predicted octanol–water partition coefficient (Wildman–Crippen LogP) is 4.43. The number of hydrogen-bond donors (Lipinski definition) is 1. The molecule has 1 N–H and O–H groups in total. The molecule has 0 saturated carbocycles. The standard InChI is InChI=1S/C19H17N5OS/c1-12-3-7-14(8-4-12)17-21-19(23-22-17)26-11-16-20-18(24-25-16)15-9-5-13(2)6-10-15/h3-10H,11H2,1-2H3,(H,21,22,23). The van der Waals surface area contributed by atoms with Crippen molar-refractivity contribution in [3.05, 3.63) is 65.5 Å². The lowest BCUT2D eigenvalue weighted by molar-refractivity contribution is 0.391. The average molecular weight is 363 g/mol. The minimum atomic E-state index is 0.518. The monoisotopic (exact) mass is 363 g/mol. The zero-order chi connectivity index (χ0) is 17.9. The van der Waals surface area contributed by atoms with Crippen LogP contribution in [0.1, 0.15) is 17.0 Å².